The SMILES string of the molecule is O=C(Cc1cccc(Cl)c1)Nc1ccsc1-c1nnc(C2CC2)o1. The van der Waals surface area contributed by atoms with Crippen LogP contribution in [0.4, 0.5) is 5.69 Å². The van der Waals surface area contributed by atoms with Crippen LogP contribution in [0.2, 0.25) is 5.02 Å². The third-order valence-corrected chi connectivity index (χ3v) is 4.89. The minimum absolute atomic E-state index is 0.112. The van der Waals surface area contributed by atoms with Crippen molar-refractivity contribution in [3.63, 3.8) is 0 Å². The van der Waals surface area contributed by atoms with Crippen molar-refractivity contribution in [2.24, 2.45) is 0 Å². The van der Waals surface area contributed by atoms with Crippen LogP contribution in [0.3, 0.4) is 0 Å². The molecule has 2 aromatic heterocycles. The van der Waals surface area contributed by atoms with Gasteiger partial charge in [-0.3, -0.25) is 4.79 Å². The minimum Gasteiger partial charge on any atom is -0.420 e. The average Bonchev–Trinajstić information content (AvgIpc) is 3.10. The summed E-state index contributed by atoms with van der Waals surface area (Å²) < 4.78 is 5.73. The van der Waals surface area contributed by atoms with Crippen LogP contribution < -0.4 is 5.32 Å². The molecule has 4 rings (SSSR count). The number of aromatic nitrogens is 2. The minimum atomic E-state index is -0.112. The van der Waals surface area contributed by atoms with Crippen LogP contribution in [0.1, 0.15) is 30.2 Å². The zero-order valence-electron chi connectivity index (χ0n) is 12.7. The molecule has 5 nitrogen and oxygen atoms in total. The van der Waals surface area contributed by atoms with E-state index in [2.05, 4.69) is 15.5 Å². The summed E-state index contributed by atoms with van der Waals surface area (Å²) in [5.41, 5.74) is 1.56. The fraction of sp³-hybridized carbons (Fsp3) is 0.235. The summed E-state index contributed by atoms with van der Waals surface area (Å²) in [5, 5.41) is 13.6. The Morgan fingerprint density at radius 1 is 1.33 bits per heavy atom. The molecule has 1 N–H and O–H groups in total. The van der Waals surface area contributed by atoms with E-state index in [0.717, 1.165) is 23.3 Å². The maximum Gasteiger partial charge on any atom is 0.259 e. The number of anilines is 1. The van der Waals surface area contributed by atoms with Crippen LogP contribution >= 0.6 is 22.9 Å². The summed E-state index contributed by atoms with van der Waals surface area (Å²) in [7, 11) is 0. The summed E-state index contributed by atoms with van der Waals surface area (Å²) in [6, 6.07) is 9.12. The van der Waals surface area contributed by atoms with Crippen LogP contribution in [0, 0.1) is 0 Å². The number of halogens is 1. The van der Waals surface area contributed by atoms with Crippen LogP contribution in [-0.2, 0) is 11.2 Å². The zero-order valence-corrected chi connectivity index (χ0v) is 14.2. The lowest BCUT2D eigenvalue weighted by atomic mass is 10.1. The Morgan fingerprint density at radius 2 is 2.21 bits per heavy atom. The van der Waals surface area contributed by atoms with Gasteiger partial charge in [0, 0.05) is 10.9 Å². The van der Waals surface area contributed by atoms with E-state index in [1.165, 1.54) is 11.3 Å². The van der Waals surface area contributed by atoms with E-state index in [1.807, 2.05) is 23.6 Å². The van der Waals surface area contributed by atoms with Crippen LogP contribution in [0.15, 0.2) is 40.1 Å². The lowest BCUT2D eigenvalue weighted by Crippen LogP contribution is -2.14. The molecule has 0 atom stereocenters. The van der Waals surface area contributed by atoms with E-state index in [1.54, 1.807) is 12.1 Å². The van der Waals surface area contributed by atoms with Gasteiger partial charge in [0.05, 0.1) is 12.1 Å². The second kappa shape index (κ2) is 6.37. The average molecular weight is 360 g/mol. The maximum absolute atomic E-state index is 12.3. The number of carbonyl (C=O) groups is 1. The molecule has 7 heteroatoms. The Bertz CT molecular complexity index is 885. The highest BCUT2D eigenvalue weighted by Gasteiger charge is 2.30. The largest absolute Gasteiger partial charge is 0.420 e. The molecule has 1 aliphatic rings. The molecular formula is C17H14ClN3O2S. The second-order valence-electron chi connectivity index (χ2n) is 5.74. The molecule has 0 aliphatic heterocycles. The van der Waals surface area contributed by atoms with Gasteiger partial charge in [-0.1, -0.05) is 23.7 Å². The first-order valence-electron chi connectivity index (χ1n) is 7.64. The van der Waals surface area contributed by atoms with Gasteiger partial charge in [0.2, 0.25) is 11.8 Å². The van der Waals surface area contributed by atoms with Gasteiger partial charge in [-0.15, -0.1) is 21.5 Å². The van der Waals surface area contributed by atoms with E-state index in [-0.39, 0.29) is 12.3 Å². The Balaban J connectivity index is 1.48. The van der Waals surface area contributed by atoms with Gasteiger partial charge >= 0.3 is 0 Å². The van der Waals surface area contributed by atoms with Gasteiger partial charge in [0.1, 0.15) is 4.88 Å². The first-order valence-corrected chi connectivity index (χ1v) is 8.90. The smallest absolute Gasteiger partial charge is 0.259 e. The molecule has 1 amide bonds. The first kappa shape index (κ1) is 15.4. The third-order valence-electron chi connectivity index (χ3n) is 3.75. The molecule has 0 radical (unpaired) electrons. The van der Waals surface area contributed by atoms with Gasteiger partial charge < -0.3 is 9.73 Å². The molecule has 0 spiro atoms. The molecular weight excluding hydrogens is 346 g/mol. The molecule has 1 saturated carbocycles. The van der Waals surface area contributed by atoms with Gasteiger partial charge in [-0.05, 0) is 42.0 Å². The van der Waals surface area contributed by atoms with Gasteiger partial charge in [-0.25, -0.2) is 0 Å². The molecule has 0 unspecified atom stereocenters. The van der Waals surface area contributed by atoms with E-state index < -0.39 is 0 Å². The van der Waals surface area contributed by atoms with E-state index in [9.17, 15) is 4.79 Å². The summed E-state index contributed by atoms with van der Waals surface area (Å²) in [4.78, 5) is 13.1. The summed E-state index contributed by atoms with van der Waals surface area (Å²) >= 11 is 7.42. The monoisotopic (exact) mass is 359 g/mol. The highest BCUT2D eigenvalue weighted by molar-refractivity contribution is 7.14. The molecule has 0 bridgehead atoms. The van der Waals surface area contributed by atoms with Crippen molar-refractivity contribution in [1.29, 1.82) is 0 Å². The maximum atomic E-state index is 12.3. The number of amides is 1. The Kier molecular flexibility index (Phi) is 4.08. The number of rotatable bonds is 5. The van der Waals surface area contributed by atoms with Crippen LogP contribution in [0.25, 0.3) is 10.8 Å². The lowest BCUT2D eigenvalue weighted by Gasteiger charge is -2.05. The number of carbonyl (C=O) groups excluding carboxylic acids is 1. The molecule has 1 aliphatic carbocycles. The normalized spacial score (nSPS) is 13.9. The van der Waals surface area contributed by atoms with E-state index in [4.69, 9.17) is 16.0 Å². The van der Waals surface area contributed by atoms with E-state index >= 15 is 0 Å². The van der Waals surface area contributed by atoms with Gasteiger partial charge in [0.15, 0.2) is 0 Å². The van der Waals surface area contributed by atoms with Crippen molar-refractivity contribution in [3.05, 3.63) is 52.2 Å². The fourth-order valence-electron chi connectivity index (χ4n) is 2.42. The molecule has 24 heavy (non-hydrogen) atoms. The van der Waals surface area contributed by atoms with Crippen molar-refractivity contribution in [3.8, 4) is 10.8 Å². The number of benzene rings is 1. The fourth-order valence-corrected chi connectivity index (χ4v) is 3.40. The van der Waals surface area contributed by atoms with Gasteiger partial charge in [-0.2, -0.15) is 0 Å². The highest BCUT2D eigenvalue weighted by atomic mass is 35.5. The number of hydrogen-bond acceptors (Lipinski definition) is 5. The van der Waals surface area contributed by atoms with Crippen molar-refractivity contribution in [2.45, 2.75) is 25.2 Å². The molecule has 122 valence electrons. The van der Waals surface area contributed by atoms with Crippen LogP contribution in [0.5, 0.6) is 0 Å². The summed E-state index contributed by atoms with van der Waals surface area (Å²) in [6.45, 7) is 0. The molecule has 1 aromatic carbocycles. The van der Waals surface area contributed by atoms with Crippen molar-refractivity contribution >= 4 is 34.5 Å². The predicted octanol–water partition coefficient (Wildman–Crippen LogP) is 4.51. The van der Waals surface area contributed by atoms with E-state index in [0.29, 0.717) is 28.4 Å². The quantitative estimate of drug-likeness (QED) is 0.727. The highest BCUT2D eigenvalue weighted by Crippen LogP contribution is 2.41. The number of nitrogens with zero attached hydrogens (tertiary/aromatic N) is 2. The lowest BCUT2D eigenvalue weighted by molar-refractivity contribution is -0.115. The van der Waals surface area contributed by atoms with Crippen molar-refractivity contribution in [2.75, 3.05) is 5.32 Å². The standard InChI is InChI=1S/C17H14ClN3O2S/c18-12-3-1-2-10(8-12)9-14(22)19-13-6-7-24-15(13)17-21-20-16(23-17)11-4-5-11/h1-3,6-8,11H,4-5,9H2,(H,19,22). The van der Waals surface area contributed by atoms with Crippen molar-refractivity contribution < 1.29 is 9.21 Å². The third kappa shape index (κ3) is 3.34. The van der Waals surface area contributed by atoms with Crippen molar-refractivity contribution in [1.82, 2.24) is 10.2 Å². The number of thiophene rings is 1. The molecule has 3 aromatic rings. The molecule has 0 saturated heterocycles. The Morgan fingerprint density at radius 3 is 3.00 bits per heavy atom. The Labute approximate surface area is 147 Å². The topological polar surface area (TPSA) is 68.0 Å². The molecule has 2 heterocycles. The summed E-state index contributed by atoms with van der Waals surface area (Å²) in [6.07, 6.45) is 2.47. The predicted molar refractivity (Wildman–Crippen MR) is 93.4 cm³/mol. The number of hydrogen-bond donors (Lipinski definition) is 1. The summed E-state index contributed by atoms with van der Waals surface area (Å²) in [5.74, 6) is 1.45. The second-order valence-corrected chi connectivity index (χ2v) is 7.09. The molecule has 1 fully saturated rings. The van der Waals surface area contributed by atoms with Gasteiger partial charge in [0.25, 0.3) is 5.89 Å². The number of nitrogens with one attached hydrogen (secondary N) is 1. The first-order chi connectivity index (χ1) is 11.7. The van der Waals surface area contributed by atoms with Crippen LogP contribution in [-0.4, -0.2) is 16.1 Å². The zero-order chi connectivity index (χ0) is 16.5. The Hall–Kier alpha value is -2.18.